The van der Waals surface area contributed by atoms with Gasteiger partial charge < -0.3 is 15.0 Å². The van der Waals surface area contributed by atoms with Gasteiger partial charge in [-0.25, -0.2) is 0 Å². The zero-order valence-corrected chi connectivity index (χ0v) is 19.0. The van der Waals surface area contributed by atoms with Crippen LogP contribution in [0.5, 0.6) is 5.75 Å². The van der Waals surface area contributed by atoms with Gasteiger partial charge in [-0.1, -0.05) is 62.4 Å². The third-order valence-electron chi connectivity index (χ3n) is 5.19. The Morgan fingerprint density at radius 3 is 2.03 bits per heavy atom. The molecule has 164 valence electrons. The Kier molecular flexibility index (Phi) is 10.1. The molecule has 5 heteroatoms. The van der Waals surface area contributed by atoms with E-state index in [0.717, 1.165) is 36.6 Å². The molecule has 3 aromatic rings. The van der Waals surface area contributed by atoms with Crippen molar-refractivity contribution in [2.24, 2.45) is 0 Å². The van der Waals surface area contributed by atoms with Crippen molar-refractivity contribution in [1.29, 1.82) is 0 Å². The van der Waals surface area contributed by atoms with Crippen LogP contribution in [-0.2, 0) is 0 Å². The molecule has 0 bridgehead atoms. The lowest BCUT2D eigenvalue weighted by molar-refractivity contribution is 0.0969. The Morgan fingerprint density at radius 1 is 0.871 bits per heavy atom. The largest absolute Gasteiger partial charge is 0.492 e. The van der Waals surface area contributed by atoms with Crippen LogP contribution in [-0.4, -0.2) is 36.9 Å². The lowest BCUT2D eigenvalue weighted by atomic mass is 9.97. The molecule has 3 aromatic carbocycles. The van der Waals surface area contributed by atoms with E-state index in [1.807, 2.05) is 84.9 Å². The number of ketones is 1. The third-order valence-corrected chi connectivity index (χ3v) is 5.19. The van der Waals surface area contributed by atoms with E-state index in [1.54, 1.807) is 0 Å². The van der Waals surface area contributed by atoms with E-state index in [9.17, 15) is 4.79 Å². The SMILES string of the molecule is CCN(CC)CCOc1ccc(C(=O)C(Nc2ccccc2)c2ccccc2)cc1.Cl. The van der Waals surface area contributed by atoms with Crippen LogP contribution in [0.2, 0.25) is 0 Å². The maximum Gasteiger partial charge on any atom is 0.189 e. The zero-order chi connectivity index (χ0) is 21.2. The molecule has 0 radical (unpaired) electrons. The van der Waals surface area contributed by atoms with E-state index in [-0.39, 0.29) is 18.2 Å². The Labute approximate surface area is 191 Å². The average molecular weight is 439 g/mol. The molecule has 4 nitrogen and oxygen atoms in total. The number of carbonyl (C=O) groups is 1. The number of rotatable bonds is 11. The number of carbonyl (C=O) groups excluding carboxylic acids is 1. The van der Waals surface area contributed by atoms with Crippen LogP contribution in [0.3, 0.4) is 0 Å². The van der Waals surface area contributed by atoms with E-state index in [1.165, 1.54) is 0 Å². The van der Waals surface area contributed by atoms with Crippen molar-refractivity contribution in [3.05, 3.63) is 96.1 Å². The van der Waals surface area contributed by atoms with Gasteiger partial charge >= 0.3 is 0 Å². The summed E-state index contributed by atoms with van der Waals surface area (Å²) in [6, 6.07) is 26.6. The molecule has 0 fully saturated rings. The standard InChI is InChI=1S/C26H30N2O2.ClH/c1-3-28(4-2)19-20-30-24-17-15-22(16-18-24)26(29)25(21-11-7-5-8-12-21)27-23-13-9-6-10-14-23;/h5-18,25,27H,3-4,19-20H2,1-2H3;1H. The molecular weight excluding hydrogens is 408 g/mol. The molecule has 0 amide bonds. The van der Waals surface area contributed by atoms with Gasteiger partial charge in [-0.2, -0.15) is 0 Å². The number of Topliss-reactive ketones (excluding diaryl/α,β-unsaturated/α-hetero) is 1. The van der Waals surface area contributed by atoms with Gasteiger partial charge in [-0.15, -0.1) is 12.4 Å². The van der Waals surface area contributed by atoms with E-state index in [0.29, 0.717) is 12.2 Å². The fraction of sp³-hybridized carbons (Fsp3) is 0.269. The van der Waals surface area contributed by atoms with Crippen molar-refractivity contribution in [1.82, 2.24) is 4.90 Å². The minimum atomic E-state index is -0.456. The molecule has 0 heterocycles. The molecule has 1 N–H and O–H groups in total. The molecule has 0 spiro atoms. The van der Waals surface area contributed by atoms with Crippen LogP contribution in [0.25, 0.3) is 0 Å². The van der Waals surface area contributed by atoms with Crippen LogP contribution in [0.15, 0.2) is 84.9 Å². The van der Waals surface area contributed by atoms with Crippen molar-refractivity contribution < 1.29 is 9.53 Å². The quantitative estimate of drug-likeness (QED) is 0.380. The number of benzene rings is 3. The van der Waals surface area contributed by atoms with Gasteiger partial charge in [0.15, 0.2) is 5.78 Å². The lowest BCUT2D eigenvalue weighted by Crippen LogP contribution is -2.27. The summed E-state index contributed by atoms with van der Waals surface area (Å²) in [7, 11) is 0. The van der Waals surface area contributed by atoms with Gasteiger partial charge in [-0.05, 0) is 55.1 Å². The first-order valence-corrected chi connectivity index (χ1v) is 10.6. The second kappa shape index (κ2) is 12.8. The minimum Gasteiger partial charge on any atom is -0.492 e. The Hall–Kier alpha value is -2.82. The number of para-hydroxylation sites is 1. The van der Waals surface area contributed by atoms with Crippen LogP contribution in [0, 0.1) is 0 Å². The van der Waals surface area contributed by atoms with Crippen molar-refractivity contribution in [3.63, 3.8) is 0 Å². The first kappa shape index (κ1) is 24.4. The summed E-state index contributed by atoms with van der Waals surface area (Å²) >= 11 is 0. The summed E-state index contributed by atoms with van der Waals surface area (Å²) < 4.78 is 5.85. The number of nitrogens with one attached hydrogen (secondary N) is 1. The first-order chi connectivity index (χ1) is 14.7. The molecule has 0 aliphatic heterocycles. The summed E-state index contributed by atoms with van der Waals surface area (Å²) in [5.41, 5.74) is 2.50. The smallest absolute Gasteiger partial charge is 0.189 e. The van der Waals surface area contributed by atoms with Gasteiger partial charge in [0.1, 0.15) is 18.4 Å². The van der Waals surface area contributed by atoms with Gasteiger partial charge in [0.25, 0.3) is 0 Å². The predicted octanol–water partition coefficient (Wildman–Crippen LogP) is 5.87. The number of halogens is 1. The molecule has 0 saturated carbocycles. The highest BCUT2D eigenvalue weighted by Crippen LogP contribution is 2.24. The number of nitrogens with zero attached hydrogens (tertiary/aromatic N) is 1. The van der Waals surface area contributed by atoms with E-state index in [4.69, 9.17) is 4.74 Å². The molecule has 0 saturated heterocycles. The molecule has 0 aromatic heterocycles. The maximum atomic E-state index is 13.3. The number of hydrogen-bond acceptors (Lipinski definition) is 4. The fourth-order valence-corrected chi connectivity index (χ4v) is 3.36. The maximum absolute atomic E-state index is 13.3. The summed E-state index contributed by atoms with van der Waals surface area (Å²) in [6.45, 7) is 7.86. The number of anilines is 1. The molecule has 1 unspecified atom stereocenters. The second-order valence-corrected chi connectivity index (χ2v) is 7.12. The zero-order valence-electron chi connectivity index (χ0n) is 18.2. The molecule has 3 rings (SSSR count). The highest BCUT2D eigenvalue weighted by Gasteiger charge is 2.22. The van der Waals surface area contributed by atoms with Gasteiger partial charge in [0, 0.05) is 17.8 Å². The summed E-state index contributed by atoms with van der Waals surface area (Å²) in [4.78, 5) is 15.6. The van der Waals surface area contributed by atoms with Gasteiger partial charge in [-0.3, -0.25) is 4.79 Å². The second-order valence-electron chi connectivity index (χ2n) is 7.12. The van der Waals surface area contributed by atoms with E-state index in [2.05, 4.69) is 24.1 Å². The molecular formula is C26H31ClN2O2. The predicted molar refractivity (Wildman–Crippen MR) is 131 cm³/mol. The van der Waals surface area contributed by atoms with Gasteiger partial charge in [0.05, 0.1) is 0 Å². The van der Waals surface area contributed by atoms with Crippen LogP contribution in [0.4, 0.5) is 5.69 Å². The monoisotopic (exact) mass is 438 g/mol. The number of hydrogen-bond donors (Lipinski definition) is 1. The van der Waals surface area contributed by atoms with Crippen molar-refractivity contribution >= 4 is 23.9 Å². The lowest BCUT2D eigenvalue weighted by Gasteiger charge is -2.20. The first-order valence-electron chi connectivity index (χ1n) is 10.6. The third kappa shape index (κ3) is 7.12. The highest BCUT2D eigenvalue weighted by molar-refractivity contribution is 6.02. The Balaban J connectivity index is 0.00000341. The average Bonchev–Trinajstić information content (AvgIpc) is 2.81. The van der Waals surface area contributed by atoms with Crippen LogP contribution < -0.4 is 10.1 Å². The molecule has 1 atom stereocenters. The Bertz CT molecular complexity index is 898. The molecule has 0 aliphatic rings. The van der Waals surface area contributed by atoms with Crippen LogP contribution in [0.1, 0.15) is 35.8 Å². The fourth-order valence-electron chi connectivity index (χ4n) is 3.36. The summed E-state index contributed by atoms with van der Waals surface area (Å²) in [5.74, 6) is 0.811. The Morgan fingerprint density at radius 2 is 1.45 bits per heavy atom. The van der Waals surface area contributed by atoms with Crippen molar-refractivity contribution in [3.8, 4) is 5.75 Å². The van der Waals surface area contributed by atoms with Crippen LogP contribution >= 0.6 is 12.4 Å². The van der Waals surface area contributed by atoms with Gasteiger partial charge in [0.2, 0.25) is 0 Å². The van der Waals surface area contributed by atoms with E-state index < -0.39 is 6.04 Å². The van der Waals surface area contributed by atoms with Crippen molar-refractivity contribution in [2.75, 3.05) is 31.6 Å². The minimum absolute atomic E-state index is 0. The van der Waals surface area contributed by atoms with Crippen molar-refractivity contribution in [2.45, 2.75) is 19.9 Å². The summed E-state index contributed by atoms with van der Waals surface area (Å²) in [6.07, 6.45) is 0. The topological polar surface area (TPSA) is 41.6 Å². The molecule has 0 aliphatic carbocycles. The number of ether oxygens (including phenoxy) is 1. The normalized spacial score (nSPS) is 11.5. The molecule has 31 heavy (non-hydrogen) atoms. The number of likely N-dealkylation sites (N-methyl/N-ethyl adjacent to an activating group) is 1. The summed E-state index contributed by atoms with van der Waals surface area (Å²) in [5, 5.41) is 3.38. The highest BCUT2D eigenvalue weighted by atomic mass is 35.5. The van der Waals surface area contributed by atoms with E-state index >= 15 is 0 Å².